The molecule has 1 aromatic rings. The molecule has 0 fully saturated rings. The van der Waals surface area contributed by atoms with Gasteiger partial charge in [-0.2, -0.15) is 11.8 Å². The van der Waals surface area contributed by atoms with Crippen LogP contribution in [0.2, 0.25) is 0 Å². The Morgan fingerprint density at radius 2 is 1.95 bits per heavy atom. The lowest BCUT2D eigenvalue weighted by molar-refractivity contribution is -0.117. The average molecular weight is 334 g/mol. The Kier molecular flexibility index (Phi) is 7.13. The van der Waals surface area contributed by atoms with Crippen LogP contribution in [-0.4, -0.2) is 38.1 Å². The molecule has 1 amide bonds. The molecule has 1 aromatic carbocycles. The number of anilines is 1. The highest BCUT2D eigenvalue weighted by Crippen LogP contribution is 2.10. The second kappa shape index (κ2) is 8.35. The molecule has 1 atom stereocenters. The van der Waals surface area contributed by atoms with Crippen LogP contribution in [0.25, 0.3) is 0 Å². The molecule has 2 N–H and O–H groups in total. The largest absolute Gasteiger partial charge is 0.325 e. The molecule has 0 aliphatic rings. The maximum atomic E-state index is 12.8. The zero-order chi connectivity index (χ0) is 15.9. The predicted octanol–water partition coefficient (Wildman–Crippen LogP) is 1.83. The molecule has 8 heteroatoms. The number of hydrogen-bond donors (Lipinski definition) is 2. The maximum Gasteiger partial charge on any atom is 0.242 e. The van der Waals surface area contributed by atoms with E-state index in [-0.39, 0.29) is 5.75 Å². The number of thioether (sulfide) groups is 1. The van der Waals surface area contributed by atoms with Crippen LogP contribution in [0.5, 0.6) is 0 Å². The van der Waals surface area contributed by atoms with Crippen LogP contribution < -0.4 is 10.0 Å². The first kappa shape index (κ1) is 17.9. The van der Waals surface area contributed by atoms with Gasteiger partial charge in [-0.3, -0.25) is 4.79 Å². The summed E-state index contributed by atoms with van der Waals surface area (Å²) in [6.45, 7) is 1.51. The summed E-state index contributed by atoms with van der Waals surface area (Å²) in [5.74, 6) is -0.299. The monoisotopic (exact) mass is 334 g/mol. The molecule has 0 bridgehead atoms. The van der Waals surface area contributed by atoms with E-state index in [0.717, 1.165) is 0 Å². The van der Waals surface area contributed by atoms with E-state index in [0.29, 0.717) is 17.9 Å². The fourth-order valence-corrected chi connectivity index (χ4v) is 2.84. The van der Waals surface area contributed by atoms with Crippen molar-refractivity contribution in [2.45, 2.75) is 19.4 Å². The minimum absolute atomic E-state index is 0.0907. The third-order valence-electron chi connectivity index (χ3n) is 2.74. The standard InChI is InChI=1S/C13H19FN2O3S2/c1-3-21(18,19)16-12(8-9-20-2)13(17)15-11-6-4-10(14)5-7-11/h4-7,12,16H,3,8-9H2,1-2H3,(H,15,17)/t12-/m1/s1. The molecule has 5 nitrogen and oxygen atoms in total. The first-order valence-electron chi connectivity index (χ1n) is 6.43. The lowest BCUT2D eigenvalue weighted by atomic mass is 10.2. The molecule has 0 radical (unpaired) electrons. The van der Waals surface area contributed by atoms with Crippen molar-refractivity contribution < 1.29 is 17.6 Å². The second-order valence-electron chi connectivity index (χ2n) is 4.35. The van der Waals surface area contributed by atoms with E-state index in [1.807, 2.05) is 6.26 Å². The van der Waals surface area contributed by atoms with Gasteiger partial charge in [0.15, 0.2) is 0 Å². The zero-order valence-corrected chi connectivity index (χ0v) is 13.6. The third kappa shape index (κ3) is 6.45. The Hall–Kier alpha value is -1.12. The van der Waals surface area contributed by atoms with E-state index in [1.54, 1.807) is 0 Å². The summed E-state index contributed by atoms with van der Waals surface area (Å²) in [6.07, 6.45) is 2.26. The highest BCUT2D eigenvalue weighted by Gasteiger charge is 2.23. The van der Waals surface area contributed by atoms with Crippen molar-refractivity contribution >= 4 is 33.4 Å². The first-order chi connectivity index (χ1) is 9.88. The van der Waals surface area contributed by atoms with Gasteiger partial charge >= 0.3 is 0 Å². The molecular weight excluding hydrogens is 315 g/mol. The molecule has 1 rings (SSSR count). The fourth-order valence-electron chi connectivity index (χ4n) is 1.54. The van der Waals surface area contributed by atoms with Crippen molar-refractivity contribution in [3.05, 3.63) is 30.1 Å². The Morgan fingerprint density at radius 1 is 1.33 bits per heavy atom. The molecule has 0 aliphatic heterocycles. The quantitative estimate of drug-likeness (QED) is 0.760. The van der Waals surface area contributed by atoms with Gasteiger partial charge in [-0.05, 0) is 49.6 Å². The second-order valence-corrected chi connectivity index (χ2v) is 7.38. The molecular formula is C13H19FN2O3S2. The highest BCUT2D eigenvalue weighted by molar-refractivity contribution is 7.98. The van der Waals surface area contributed by atoms with Gasteiger partial charge in [0, 0.05) is 5.69 Å². The van der Waals surface area contributed by atoms with Gasteiger partial charge in [0.2, 0.25) is 15.9 Å². The normalized spacial score (nSPS) is 12.9. The first-order valence-corrected chi connectivity index (χ1v) is 9.48. The number of halogens is 1. The Morgan fingerprint density at radius 3 is 2.48 bits per heavy atom. The van der Waals surface area contributed by atoms with Gasteiger partial charge < -0.3 is 5.32 Å². The van der Waals surface area contributed by atoms with E-state index in [9.17, 15) is 17.6 Å². The highest BCUT2D eigenvalue weighted by atomic mass is 32.2. The average Bonchev–Trinajstić information content (AvgIpc) is 2.45. The molecule has 0 aliphatic carbocycles. The van der Waals surface area contributed by atoms with E-state index >= 15 is 0 Å². The Bertz CT molecular complexity index is 561. The SMILES string of the molecule is CCS(=O)(=O)N[C@H](CCSC)C(=O)Nc1ccc(F)cc1. The third-order valence-corrected chi connectivity index (χ3v) is 4.79. The van der Waals surface area contributed by atoms with Crippen molar-refractivity contribution in [1.29, 1.82) is 0 Å². The lowest BCUT2D eigenvalue weighted by Gasteiger charge is -2.17. The van der Waals surface area contributed by atoms with Crippen LogP contribution in [0.1, 0.15) is 13.3 Å². The number of amides is 1. The topological polar surface area (TPSA) is 75.3 Å². The summed E-state index contributed by atoms with van der Waals surface area (Å²) < 4.78 is 38.4. The number of benzene rings is 1. The van der Waals surface area contributed by atoms with Gasteiger partial charge in [0.1, 0.15) is 11.9 Å². The van der Waals surface area contributed by atoms with E-state index in [1.165, 1.54) is 43.0 Å². The predicted molar refractivity (Wildman–Crippen MR) is 84.4 cm³/mol. The molecule has 0 saturated carbocycles. The van der Waals surface area contributed by atoms with Crippen molar-refractivity contribution in [2.75, 3.05) is 23.1 Å². The number of carbonyl (C=O) groups excluding carboxylic acids is 1. The number of carbonyl (C=O) groups is 1. The van der Waals surface area contributed by atoms with Gasteiger partial charge in [0.05, 0.1) is 5.75 Å². The zero-order valence-electron chi connectivity index (χ0n) is 11.9. The van der Waals surface area contributed by atoms with Crippen LogP contribution in [-0.2, 0) is 14.8 Å². The molecule has 21 heavy (non-hydrogen) atoms. The van der Waals surface area contributed by atoms with Gasteiger partial charge in [0.25, 0.3) is 0 Å². The van der Waals surface area contributed by atoms with Crippen LogP contribution >= 0.6 is 11.8 Å². The summed E-state index contributed by atoms with van der Waals surface area (Å²) in [6, 6.07) is 4.46. The van der Waals surface area contributed by atoms with Crippen molar-refractivity contribution in [3.8, 4) is 0 Å². The smallest absolute Gasteiger partial charge is 0.242 e. The molecule has 118 valence electrons. The molecule has 0 heterocycles. The summed E-state index contributed by atoms with van der Waals surface area (Å²) in [4.78, 5) is 12.2. The lowest BCUT2D eigenvalue weighted by Crippen LogP contribution is -2.44. The van der Waals surface area contributed by atoms with E-state index < -0.39 is 27.8 Å². The van der Waals surface area contributed by atoms with Gasteiger partial charge in [-0.25, -0.2) is 17.5 Å². The van der Waals surface area contributed by atoms with Crippen LogP contribution in [0, 0.1) is 5.82 Å². The number of hydrogen-bond acceptors (Lipinski definition) is 4. The molecule has 0 unspecified atom stereocenters. The minimum atomic E-state index is -3.47. The van der Waals surface area contributed by atoms with E-state index in [4.69, 9.17) is 0 Å². The Balaban J connectivity index is 2.77. The summed E-state index contributed by atoms with van der Waals surface area (Å²) in [7, 11) is -3.47. The summed E-state index contributed by atoms with van der Waals surface area (Å²) >= 11 is 1.52. The summed E-state index contributed by atoms with van der Waals surface area (Å²) in [5, 5.41) is 2.58. The number of rotatable bonds is 8. The van der Waals surface area contributed by atoms with Crippen molar-refractivity contribution in [3.63, 3.8) is 0 Å². The molecule has 0 saturated heterocycles. The van der Waals surface area contributed by atoms with Crippen LogP contribution in [0.15, 0.2) is 24.3 Å². The molecule has 0 aromatic heterocycles. The minimum Gasteiger partial charge on any atom is -0.325 e. The van der Waals surface area contributed by atoms with Crippen LogP contribution in [0.4, 0.5) is 10.1 Å². The maximum absolute atomic E-state index is 12.8. The Labute approximate surface area is 128 Å². The summed E-state index contributed by atoms with van der Waals surface area (Å²) in [5.41, 5.74) is 0.422. The number of nitrogens with one attached hydrogen (secondary N) is 2. The van der Waals surface area contributed by atoms with E-state index in [2.05, 4.69) is 10.0 Å². The fraction of sp³-hybridized carbons (Fsp3) is 0.462. The van der Waals surface area contributed by atoms with Gasteiger partial charge in [-0.1, -0.05) is 0 Å². The van der Waals surface area contributed by atoms with Crippen molar-refractivity contribution in [1.82, 2.24) is 4.72 Å². The van der Waals surface area contributed by atoms with Gasteiger partial charge in [-0.15, -0.1) is 0 Å². The number of sulfonamides is 1. The molecule has 0 spiro atoms. The van der Waals surface area contributed by atoms with Crippen molar-refractivity contribution in [2.24, 2.45) is 0 Å². The van der Waals surface area contributed by atoms with Crippen LogP contribution in [0.3, 0.4) is 0 Å².